The number of halogens is 2. The van der Waals surface area contributed by atoms with Crippen LogP contribution in [-0.2, 0) is 15.1 Å². The highest BCUT2D eigenvalue weighted by molar-refractivity contribution is 6.30. The molecule has 178 valence electrons. The number of amides is 1. The summed E-state index contributed by atoms with van der Waals surface area (Å²) in [5.74, 6) is 0.150. The second-order valence-electron chi connectivity index (χ2n) is 10.4. The van der Waals surface area contributed by atoms with E-state index >= 15 is 4.39 Å². The molecule has 0 radical (unpaired) electrons. The van der Waals surface area contributed by atoms with E-state index in [1.807, 2.05) is 32.6 Å². The van der Waals surface area contributed by atoms with Crippen molar-refractivity contribution in [2.75, 3.05) is 25.1 Å². The summed E-state index contributed by atoms with van der Waals surface area (Å²) in [4.78, 5) is 25.9. The number of carbonyl (C=O) groups excluding carboxylic acids is 1. The molecule has 4 heterocycles. The van der Waals surface area contributed by atoms with Crippen molar-refractivity contribution in [3.63, 3.8) is 0 Å². The molecule has 5 rings (SSSR count). The Morgan fingerprint density at radius 1 is 1.24 bits per heavy atom. The highest BCUT2D eigenvalue weighted by Gasteiger charge is 2.49. The van der Waals surface area contributed by atoms with E-state index in [2.05, 4.69) is 9.88 Å². The topological polar surface area (TPSA) is 67.8 Å². The predicted octanol–water partition coefficient (Wildman–Crippen LogP) is 4.95. The van der Waals surface area contributed by atoms with Crippen molar-refractivity contribution >= 4 is 34.3 Å². The van der Waals surface area contributed by atoms with Gasteiger partial charge in [-0.1, -0.05) is 11.6 Å². The lowest BCUT2D eigenvalue weighted by Crippen LogP contribution is -2.57. The van der Waals surface area contributed by atoms with Crippen molar-refractivity contribution in [3.05, 3.63) is 28.4 Å². The van der Waals surface area contributed by atoms with E-state index in [0.29, 0.717) is 29.7 Å². The molecule has 2 aromatic heterocycles. The SMILES string of the molecule is COC1(c2c(C)nc(N3CC4CCC(C3)N4C(=O)OC(C)(C)C)c3cnc(Cl)c(F)c23)CC1. The standard InChI is InChI=1S/C24H30ClFN4O3/c1-13-18(24(32-5)8-9-24)17-16(10-27-20(25)19(17)26)21(28-13)29-11-14-6-7-15(12-29)30(14)22(31)33-23(2,3)4/h10,14-15H,6-9,11-12H2,1-5H3. The fourth-order valence-electron chi connectivity index (χ4n) is 5.49. The van der Waals surface area contributed by atoms with Crippen LogP contribution in [-0.4, -0.2) is 58.8 Å². The lowest BCUT2D eigenvalue weighted by molar-refractivity contribution is 0.0123. The number of aromatic nitrogens is 2. The smallest absolute Gasteiger partial charge is 0.410 e. The number of rotatable bonds is 3. The third-order valence-electron chi connectivity index (χ3n) is 7.04. The van der Waals surface area contributed by atoms with E-state index in [9.17, 15) is 4.79 Å². The number of piperazine rings is 1. The molecule has 9 heteroatoms. The van der Waals surface area contributed by atoms with Crippen LogP contribution in [0.2, 0.25) is 5.15 Å². The molecule has 0 aromatic carbocycles. The van der Waals surface area contributed by atoms with Gasteiger partial charge in [0, 0.05) is 48.4 Å². The maximum atomic E-state index is 15.4. The van der Waals surface area contributed by atoms with Crippen LogP contribution < -0.4 is 4.90 Å². The third kappa shape index (κ3) is 3.71. The van der Waals surface area contributed by atoms with Crippen LogP contribution in [0.15, 0.2) is 6.20 Å². The molecule has 2 bridgehead atoms. The normalized spacial score (nSPS) is 23.8. The first kappa shape index (κ1) is 22.6. The Kier molecular flexibility index (Phi) is 5.25. The van der Waals surface area contributed by atoms with Crippen LogP contribution in [0, 0.1) is 12.7 Å². The van der Waals surface area contributed by atoms with Gasteiger partial charge in [0.25, 0.3) is 0 Å². The molecule has 33 heavy (non-hydrogen) atoms. The highest BCUT2D eigenvalue weighted by Crippen LogP contribution is 2.53. The number of ether oxygens (including phenoxy) is 2. The summed E-state index contributed by atoms with van der Waals surface area (Å²) in [6, 6.07) is 0.0450. The van der Waals surface area contributed by atoms with Gasteiger partial charge in [-0.3, -0.25) is 4.90 Å². The Labute approximate surface area is 198 Å². The van der Waals surface area contributed by atoms with Crippen LogP contribution in [0.5, 0.6) is 0 Å². The minimum absolute atomic E-state index is 0.0225. The lowest BCUT2D eigenvalue weighted by atomic mass is 9.98. The first-order valence-corrected chi connectivity index (χ1v) is 11.9. The highest BCUT2D eigenvalue weighted by atomic mass is 35.5. The first-order valence-electron chi connectivity index (χ1n) is 11.5. The molecule has 2 aliphatic heterocycles. The minimum atomic E-state index is -0.541. The largest absolute Gasteiger partial charge is 0.444 e. The number of methoxy groups -OCH3 is 1. The third-order valence-corrected chi connectivity index (χ3v) is 7.30. The van der Waals surface area contributed by atoms with Gasteiger partial charge in [0.15, 0.2) is 11.0 Å². The lowest BCUT2D eigenvalue weighted by Gasteiger charge is -2.42. The summed E-state index contributed by atoms with van der Waals surface area (Å²) in [6.07, 6.45) is 4.78. The van der Waals surface area contributed by atoms with Gasteiger partial charge in [-0.15, -0.1) is 0 Å². The zero-order chi connectivity index (χ0) is 23.7. The minimum Gasteiger partial charge on any atom is -0.444 e. The summed E-state index contributed by atoms with van der Waals surface area (Å²) in [6.45, 7) is 8.75. The van der Waals surface area contributed by atoms with Gasteiger partial charge in [0.2, 0.25) is 0 Å². The zero-order valence-corrected chi connectivity index (χ0v) is 20.5. The van der Waals surface area contributed by atoms with Crippen molar-refractivity contribution < 1.29 is 18.7 Å². The molecular weight excluding hydrogens is 447 g/mol. The quantitative estimate of drug-likeness (QED) is 0.583. The Hall–Kier alpha value is -2.19. The molecule has 3 aliphatic rings. The summed E-state index contributed by atoms with van der Waals surface area (Å²) < 4.78 is 26.8. The van der Waals surface area contributed by atoms with Crippen molar-refractivity contribution in [2.45, 2.75) is 76.7 Å². The number of pyridine rings is 2. The van der Waals surface area contributed by atoms with Crippen LogP contribution in [0.1, 0.15) is 57.7 Å². The summed E-state index contributed by atoms with van der Waals surface area (Å²) in [5.41, 5.74) is 0.440. The Morgan fingerprint density at radius 2 is 1.88 bits per heavy atom. The number of hydrogen-bond acceptors (Lipinski definition) is 6. The average Bonchev–Trinajstić information content (AvgIpc) is 3.48. The fraction of sp³-hybridized carbons (Fsp3) is 0.625. The van der Waals surface area contributed by atoms with E-state index < -0.39 is 17.0 Å². The fourth-order valence-corrected chi connectivity index (χ4v) is 5.63. The molecule has 0 spiro atoms. The molecule has 2 saturated heterocycles. The van der Waals surface area contributed by atoms with Gasteiger partial charge in [-0.2, -0.15) is 0 Å². The Bertz CT molecular complexity index is 1120. The van der Waals surface area contributed by atoms with E-state index in [1.54, 1.807) is 13.3 Å². The number of carbonyl (C=O) groups is 1. The van der Waals surface area contributed by atoms with Crippen molar-refractivity contribution in [2.24, 2.45) is 0 Å². The molecule has 3 fully saturated rings. The van der Waals surface area contributed by atoms with Crippen LogP contribution in [0.4, 0.5) is 15.0 Å². The molecule has 7 nitrogen and oxygen atoms in total. The maximum absolute atomic E-state index is 15.4. The number of nitrogens with zero attached hydrogens (tertiary/aromatic N) is 4. The predicted molar refractivity (Wildman–Crippen MR) is 124 cm³/mol. The molecule has 2 atom stereocenters. The first-order chi connectivity index (χ1) is 15.5. The van der Waals surface area contributed by atoms with Crippen molar-refractivity contribution in [1.82, 2.24) is 14.9 Å². The molecule has 2 aromatic rings. The summed E-state index contributed by atoms with van der Waals surface area (Å²) in [7, 11) is 1.65. The molecule has 1 saturated carbocycles. The van der Waals surface area contributed by atoms with Crippen molar-refractivity contribution in [1.29, 1.82) is 0 Å². The van der Waals surface area contributed by atoms with Gasteiger partial charge in [0.1, 0.15) is 11.4 Å². The summed E-state index contributed by atoms with van der Waals surface area (Å²) in [5, 5.41) is 0.923. The second kappa shape index (κ2) is 7.67. The number of hydrogen-bond donors (Lipinski definition) is 0. The Morgan fingerprint density at radius 3 is 2.42 bits per heavy atom. The molecule has 1 amide bonds. The number of fused-ring (bicyclic) bond motifs is 3. The molecule has 2 unspecified atom stereocenters. The van der Waals surface area contributed by atoms with Crippen LogP contribution >= 0.6 is 11.6 Å². The number of anilines is 1. The summed E-state index contributed by atoms with van der Waals surface area (Å²) >= 11 is 6.11. The van der Waals surface area contributed by atoms with Gasteiger partial charge in [-0.05, 0) is 53.4 Å². The van der Waals surface area contributed by atoms with Gasteiger partial charge >= 0.3 is 6.09 Å². The van der Waals surface area contributed by atoms with Crippen molar-refractivity contribution in [3.8, 4) is 0 Å². The van der Waals surface area contributed by atoms with Gasteiger partial charge < -0.3 is 14.4 Å². The average molecular weight is 477 g/mol. The monoisotopic (exact) mass is 476 g/mol. The van der Waals surface area contributed by atoms with Gasteiger partial charge in [0.05, 0.1) is 17.7 Å². The van der Waals surface area contributed by atoms with Crippen LogP contribution in [0.25, 0.3) is 10.8 Å². The van der Waals surface area contributed by atoms with E-state index in [1.165, 1.54) is 0 Å². The van der Waals surface area contributed by atoms with Gasteiger partial charge in [-0.25, -0.2) is 19.2 Å². The number of aryl methyl sites for hydroxylation is 1. The molecule has 0 N–H and O–H groups in total. The zero-order valence-electron chi connectivity index (χ0n) is 19.7. The second-order valence-corrected chi connectivity index (χ2v) is 10.8. The van der Waals surface area contributed by atoms with E-state index in [4.69, 9.17) is 26.1 Å². The van der Waals surface area contributed by atoms with E-state index in [-0.39, 0.29) is 23.3 Å². The van der Waals surface area contributed by atoms with E-state index in [0.717, 1.165) is 36.9 Å². The Balaban J connectivity index is 1.54. The maximum Gasteiger partial charge on any atom is 0.410 e. The molecule has 1 aliphatic carbocycles. The van der Waals surface area contributed by atoms with Crippen LogP contribution in [0.3, 0.4) is 0 Å². The molecular formula is C24H30ClFN4O3.